The van der Waals surface area contributed by atoms with Gasteiger partial charge in [0.05, 0.1) is 5.25 Å². The quantitative estimate of drug-likeness (QED) is 0.631. The highest BCUT2D eigenvalue weighted by Gasteiger charge is 2.15. The molecule has 15 heavy (non-hydrogen) atoms. The number of nitrogens with two attached hydrogens (primary N) is 2. The summed E-state index contributed by atoms with van der Waals surface area (Å²) in [6, 6.07) is 5.21. The van der Waals surface area contributed by atoms with Crippen molar-refractivity contribution in [3.63, 3.8) is 0 Å². The number of halogens is 1. The van der Waals surface area contributed by atoms with Crippen LogP contribution in [-0.4, -0.2) is 11.2 Å². The fraction of sp³-hybridized carbons (Fsp3) is 0.300. The molecule has 1 atom stereocenters. The van der Waals surface area contributed by atoms with Crippen LogP contribution in [0.25, 0.3) is 0 Å². The van der Waals surface area contributed by atoms with Crippen molar-refractivity contribution in [3.8, 4) is 0 Å². The van der Waals surface area contributed by atoms with Crippen molar-refractivity contribution >= 4 is 35.0 Å². The largest absolute Gasteiger partial charge is 0.398 e. The predicted molar refractivity (Wildman–Crippen MR) is 65.0 cm³/mol. The number of carbonyl (C=O) groups excluding carboxylic acids is 1. The molecule has 0 aliphatic heterocycles. The van der Waals surface area contributed by atoms with Crippen LogP contribution in [0, 0.1) is 0 Å². The van der Waals surface area contributed by atoms with Gasteiger partial charge < -0.3 is 11.5 Å². The van der Waals surface area contributed by atoms with Gasteiger partial charge in [0, 0.05) is 15.6 Å². The van der Waals surface area contributed by atoms with Crippen molar-refractivity contribution in [2.45, 2.75) is 23.5 Å². The van der Waals surface area contributed by atoms with Crippen molar-refractivity contribution in [2.24, 2.45) is 5.73 Å². The second-order valence-corrected chi connectivity index (χ2v) is 4.78. The lowest BCUT2D eigenvalue weighted by Crippen LogP contribution is -2.24. The first kappa shape index (κ1) is 12.2. The summed E-state index contributed by atoms with van der Waals surface area (Å²) in [5.74, 6) is -0.322. The van der Waals surface area contributed by atoms with Gasteiger partial charge in [-0.15, -0.1) is 11.8 Å². The van der Waals surface area contributed by atoms with Gasteiger partial charge in [-0.3, -0.25) is 4.79 Å². The van der Waals surface area contributed by atoms with E-state index in [9.17, 15) is 4.79 Å². The molecule has 0 aromatic heterocycles. The van der Waals surface area contributed by atoms with Crippen LogP contribution < -0.4 is 11.5 Å². The summed E-state index contributed by atoms with van der Waals surface area (Å²) in [4.78, 5) is 11.9. The number of amides is 1. The molecule has 0 aliphatic carbocycles. The zero-order chi connectivity index (χ0) is 11.4. The molecule has 0 aliphatic rings. The Hall–Kier alpha value is -0.870. The molecule has 1 amide bonds. The topological polar surface area (TPSA) is 69.1 Å². The van der Waals surface area contributed by atoms with E-state index in [0.717, 1.165) is 4.90 Å². The normalized spacial score (nSPS) is 12.4. The Morgan fingerprint density at radius 1 is 1.60 bits per heavy atom. The molecule has 1 aromatic carbocycles. The minimum Gasteiger partial charge on any atom is -0.398 e. The van der Waals surface area contributed by atoms with Crippen molar-refractivity contribution in [3.05, 3.63) is 23.2 Å². The number of nitrogen functional groups attached to an aromatic ring is 1. The maximum absolute atomic E-state index is 11.0. The monoisotopic (exact) mass is 244 g/mol. The molecule has 4 N–H and O–H groups in total. The molecular formula is C10H13ClN2OS. The third-order valence-corrected chi connectivity index (χ3v) is 3.64. The maximum atomic E-state index is 11.0. The van der Waals surface area contributed by atoms with E-state index in [2.05, 4.69) is 0 Å². The summed E-state index contributed by atoms with van der Waals surface area (Å²) in [7, 11) is 0. The molecule has 0 radical (unpaired) electrons. The number of benzene rings is 1. The molecule has 82 valence electrons. The Bertz CT molecular complexity index is 370. The summed E-state index contributed by atoms with van der Waals surface area (Å²) in [6.45, 7) is 1.91. The van der Waals surface area contributed by atoms with Gasteiger partial charge in [-0.1, -0.05) is 18.5 Å². The third-order valence-electron chi connectivity index (χ3n) is 1.93. The fourth-order valence-electron chi connectivity index (χ4n) is 1.12. The molecule has 0 saturated carbocycles. The standard InChI is InChI=1S/C10H13ClN2OS/c1-2-8(10(13)14)15-9-4-3-6(11)5-7(9)12/h3-5,8H,2,12H2,1H3,(H2,13,14). The second-order valence-electron chi connectivity index (χ2n) is 3.10. The Morgan fingerprint density at radius 3 is 2.73 bits per heavy atom. The molecule has 0 heterocycles. The number of anilines is 1. The van der Waals surface area contributed by atoms with Crippen LogP contribution in [0.3, 0.4) is 0 Å². The van der Waals surface area contributed by atoms with Crippen LogP contribution in [0.1, 0.15) is 13.3 Å². The highest BCUT2D eigenvalue weighted by Crippen LogP contribution is 2.31. The lowest BCUT2D eigenvalue weighted by atomic mass is 10.3. The van der Waals surface area contributed by atoms with Gasteiger partial charge in [-0.25, -0.2) is 0 Å². The first-order valence-electron chi connectivity index (χ1n) is 4.55. The molecule has 0 spiro atoms. The molecule has 1 unspecified atom stereocenters. The zero-order valence-corrected chi connectivity index (χ0v) is 9.94. The van der Waals surface area contributed by atoms with E-state index < -0.39 is 0 Å². The Kier molecular flexibility index (Phi) is 4.29. The first-order chi connectivity index (χ1) is 7.04. The van der Waals surface area contributed by atoms with Gasteiger partial charge in [0.2, 0.25) is 5.91 Å². The van der Waals surface area contributed by atoms with Gasteiger partial charge in [0.1, 0.15) is 0 Å². The number of primary amides is 1. The fourth-order valence-corrected chi connectivity index (χ4v) is 2.23. The second kappa shape index (κ2) is 5.28. The molecule has 5 heteroatoms. The molecule has 1 aromatic rings. The zero-order valence-electron chi connectivity index (χ0n) is 8.37. The van der Waals surface area contributed by atoms with Crippen LogP contribution in [0.5, 0.6) is 0 Å². The molecule has 0 bridgehead atoms. The number of thioether (sulfide) groups is 1. The maximum Gasteiger partial charge on any atom is 0.230 e. The van der Waals surface area contributed by atoms with Gasteiger partial charge in [-0.2, -0.15) is 0 Å². The number of rotatable bonds is 4. The number of carbonyl (C=O) groups is 1. The van der Waals surface area contributed by atoms with Gasteiger partial charge in [-0.05, 0) is 24.6 Å². The van der Waals surface area contributed by atoms with Crippen LogP contribution in [-0.2, 0) is 4.79 Å². The van der Waals surface area contributed by atoms with Crippen LogP contribution in [0.4, 0.5) is 5.69 Å². The minimum atomic E-state index is -0.322. The Morgan fingerprint density at radius 2 is 2.27 bits per heavy atom. The average Bonchev–Trinajstić information content (AvgIpc) is 2.16. The van der Waals surface area contributed by atoms with E-state index in [0.29, 0.717) is 17.1 Å². The van der Waals surface area contributed by atoms with Crippen molar-refractivity contribution < 1.29 is 4.79 Å². The predicted octanol–water partition coefficient (Wildman–Crippen LogP) is 2.28. The van der Waals surface area contributed by atoms with Crippen LogP contribution in [0.15, 0.2) is 23.1 Å². The lowest BCUT2D eigenvalue weighted by Gasteiger charge is -2.12. The average molecular weight is 245 g/mol. The van der Waals surface area contributed by atoms with Gasteiger partial charge in [0.25, 0.3) is 0 Å². The van der Waals surface area contributed by atoms with Crippen molar-refractivity contribution in [1.29, 1.82) is 0 Å². The van der Waals surface area contributed by atoms with E-state index in [1.807, 2.05) is 6.92 Å². The highest BCUT2D eigenvalue weighted by atomic mass is 35.5. The Labute approximate surface area is 98.2 Å². The Balaban J connectivity index is 2.84. The minimum absolute atomic E-state index is 0.242. The molecular weight excluding hydrogens is 232 g/mol. The molecule has 3 nitrogen and oxygen atoms in total. The molecule has 0 fully saturated rings. The van der Waals surface area contributed by atoms with Gasteiger partial charge >= 0.3 is 0 Å². The summed E-state index contributed by atoms with van der Waals surface area (Å²) >= 11 is 7.14. The lowest BCUT2D eigenvalue weighted by molar-refractivity contribution is -0.117. The number of hydrogen-bond acceptors (Lipinski definition) is 3. The first-order valence-corrected chi connectivity index (χ1v) is 5.81. The van der Waals surface area contributed by atoms with E-state index >= 15 is 0 Å². The highest BCUT2D eigenvalue weighted by molar-refractivity contribution is 8.00. The molecule has 1 rings (SSSR count). The number of hydrogen-bond donors (Lipinski definition) is 2. The van der Waals surface area contributed by atoms with Crippen LogP contribution in [0.2, 0.25) is 5.02 Å². The summed E-state index contributed by atoms with van der Waals surface area (Å²) in [5.41, 5.74) is 11.6. The summed E-state index contributed by atoms with van der Waals surface area (Å²) < 4.78 is 0. The van der Waals surface area contributed by atoms with Crippen molar-refractivity contribution in [1.82, 2.24) is 0 Å². The smallest absolute Gasteiger partial charge is 0.230 e. The summed E-state index contributed by atoms with van der Waals surface area (Å²) in [6.07, 6.45) is 0.683. The van der Waals surface area contributed by atoms with E-state index in [-0.39, 0.29) is 11.2 Å². The molecule has 0 saturated heterocycles. The van der Waals surface area contributed by atoms with E-state index in [1.165, 1.54) is 11.8 Å². The summed E-state index contributed by atoms with van der Waals surface area (Å²) in [5, 5.41) is 0.345. The van der Waals surface area contributed by atoms with Crippen LogP contribution >= 0.6 is 23.4 Å². The van der Waals surface area contributed by atoms with Crippen molar-refractivity contribution in [2.75, 3.05) is 5.73 Å². The van der Waals surface area contributed by atoms with E-state index in [1.54, 1.807) is 18.2 Å². The van der Waals surface area contributed by atoms with Gasteiger partial charge in [0.15, 0.2) is 0 Å². The SMILES string of the molecule is CCC(Sc1ccc(Cl)cc1N)C(N)=O. The third kappa shape index (κ3) is 3.32. The van der Waals surface area contributed by atoms with E-state index in [4.69, 9.17) is 23.1 Å².